The van der Waals surface area contributed by atoms with E-state index >= 15 is 0 Å². The lowest BCUT2D eigenvalue weighted by Gasteiger charge is -2.27. The van der Waals surface area contributed by atoms with Crippen LogP contribution in [0.1, 0.15) is 27.7 Å². The standard InChI is InChI=1S/C14H28N6O4/c1-11(15-21)7-19(8-12(2)16-22)5-6-20(9-13(3)17-23)10-14(4)18-24/h21-24H,5-10H2,1-4H3/b15-11-,16-12+,17-13-,18-14+. The fourth-order valence-corrected chi connectivity index (χ4v) is 2.13. The fourth-order valence-electron chi connectivity index (χ4n) is 2.13. The Balaban J connectivity index is 4.92. The van der Waals surface area contributed by atoms with Gasteiger partial charge in [-0.1, -0.05) is 20.6 Å². The number of nitrogens with zero attached hydrogens (tertiary/aromatic N) is 6. The van der Waals surface area contributed by atoms with Crippen molar-refractivity contribution < 1.29 is 20.8 Å². The van der Waals surface area contributed by atoms with Crippen molar-refractivity contribution in [1.82, 2.24) is 9.80 Å². The van der Waals surface area contributed by atoms with Gasteiger partial charge in [-0.3, -0.25) is 9.80 Å². The van der Waals surface area contributed by atoms with Crippen LogP contribution in [0.3, 0.4) is 0 Å². The molecule has 0 aliphatic carbocycles. The maximum absolute atomic E-state index is 8.84. The van der Waals surface area contributed by atoms with E-state index in [1.165, 1.54) is 0 Å². The molecule has 0 radical (unpaired) electrons. The zero-order valence-corrected chi connectivity index (χ0v) is 14.7. The highest BCUT2D eigenvalue weighted by Crippen LogP contribution is 1.98. The van der Waals surface area contributed by atoms with Crippen LogP contribution in [0.4, 0.5) is 0 Å². The molecule has 4 N–H and O–H groups in total. The number of rotatable bonds is 11. The van der Waals surface area contributed by atoms with E-state index in [0.29, 0.717) is 62.1 Å². The molecule has 0 aliphatic heterocycles. The lowest BCUT2D eigenvalue weighted by Crippen LogP contribution is -2.42. The third-order valence-corrected chi connectivity index (χ3v) is 3.23. The normalized spacial score (nSPS) is 14.8. The predicted molar refractivity (Wildman–Crippen MR) is 92.5 cm³/mol. The lowest BCUT2D eigenvalue weighted by molar-refractivity contribution is 0.255. The van der Waals surface area contributed by atoms with E-state index in [0.717, 1.165) is 0 Å². The van der Waals surface area contributed by atoms with Crippen LogP contribution in [0, 0.1) is 0 Å². The van der Waals surface area contributed by atoms with Gasteiger partial charge in [0.1, 0.15) is 0 Å². The summed E-state index contributed by atoms with van der Waals surface area (Å²) in [5.41, 5.74) is 2.14. The molecule has 10 heteroatoms. The largest absolute Gasteiger partial charge is 0.411 e. The number of hydrogen-bond acceptors (Lipinski definition) is 10. The second kappa shape index (κ2) is 12.3. The highest BCUT2D eigenvalue weighted by atomic mass is 16.4. The van der Waals surface area contributed by atoms with Gasteiger partial charge < -0.3 is 20.8 Å². The molecule has 10 nitrogen and oxygen atoms in total. The summed E-state index contributed by atoms with van der Waals surface area (Å²) in [7, 11) is 0. The fraction of sp³-hybridized carbons (Fsp3) is 0.714. The van der Waals surface area contributed by atoms with Crippen molar-refractivity contribution in [3.05, 3.63) is 0 Å². The quantitative estimate of drug-likeness (QED) is 0.251. The summed E-state index contributed by atoms with van der Waals surface area (Å²) in [5.74, 6) is 0. The number of oxime groups is 4. The van der Waals surface area contributed by atoms with Gasteiger partial charge in [0.25, 0.3) is 0 Å². The van der Waals surface area contributed by atoms with E-state index in [-0.39, 0.29) is 0 Å². The van der Waals surface area contributed by atoms with E-state index in [4.69, 9.17) is 20.8 Å². The molecule has 0 atom stereocenters. The first kappa shape index (κ1) is 21.8. The van der Waals surface area contributed by atoms with Crippen LogP contribution in [0.25, 0.3) is 0 Å². The Kier molecular flexibility index (Phi) is 11.1. The van der Waals surface area contributed by atoms with Crippen molar-refractivity contribution in [2.24, 2.45) is 20.6 Å². The summed E-state index contributed by atoms with van der Waals surface area (Å²) in [4.78, 5) is 3.90. The summed E-state index contributed by atoms with van der Waals surface area (Å²) in [6.07, 6.45) is 0. The molecule has 0 rings (SSSR count). The van der Waals surface area contributed by atoms with E-state index in [1.807, 2.05) is 9.80 Å². The smallest absolute Gasteiger partial charge is 0.0680 e. The Labute approximate surface area is 142 Å². The van der Waals surface area contributed by atoms with Gasteiger partial charge in [-0.05, 0) is 27.7 Å². The van der Waals surface area contributed by atoms with Crippen molar-refractivity contribution in [3.63, 3.8) is 0 Å². The second-order valence-electron chi connectivity index (χ2n) is 5.76. The Bertz CT molecular complexity index is 406. The van der Waals surface area contributed by atoms with E-state index < -0.39 is 0 Å². The van der Waals surface area contributed by atoms with Crippen LogP contribution in [0.15, 0.2) is 20.6 Å². The van der Waals surface area contributed by atoms with E-state index in [2.05, 4.69) is 20.6 Å². The monoisotopic (exact) mass is 344 g/mol. The van der Waals surface area contributed by atoms with Crippen molar-refractivity contribution in [2.75, 3.05) is 39.3 Å². The minimum Gasteiger partial charge on any atom is -0.411 e. The van der Waals surface area contributed by atoms with Crippen LogP contribution in [0.2, 0.25) is 0 Å². The number of hydrogen-bond donors (Lipinski definition) is 4. The summed E-state index contributed by atoms with van der Waals surface area (Å²) in [5, 5.41) is 48.0. The third kappa shape index (κ3) is 9.74. The molecular formula is C14H28N6O4. The molecule has 0 fully saturated rings. The third-order valence-electron chi connectivity index (χ3n) is 3.23. The molecule has 24 heavy (non-hydrogen) atoms. The highest BCUT2D eigenvalue weighted by Gasteiger charge is 2.14. The summed E-state index contributed by atoms with van der Waals surface area (Å²) in [6.45, 7) is 9.60. The van der Waals surface area contributed by atoms with Crippen LogP contribution in [-0.4, -0.2) is 92.7 Å². The Morgan fingerprint density at radius 2 is 0.750 bits per heavy atom. The average molecular weight is 344 g/mol. The summed E-state index contributed by atoms with van der Waals surface area (Å²) >= 11 is 0. The molecule has 0 heterocycles. The molecule has 0 aliphatic rings. The van der Waals surface area contributed by atoms with Crippen LogP contribution in [0.5, 0.6) is 0 Å². The van der Waals surface area contributed by atoms with E-state index in [9.17, 15) is 0 Å². The SMILES string of the molecule is C/C(CN(CCN(C/C(C)=N\O)C/C(C)=N/O)C/C(C)=N/O)=N/O. The minimum atomic E-state index is 0.414. The average Bonchev–Trinajstić information content (AvgIpc) is 2.58. The van der Waals surface area contributed by atoms with Gasteiger partial charge in [0.15, 0.2) is 0 Å². The van der Waals surface area contributed by atoms with Gasteiger partial charge in [0.2, 0.25) is 0 Å². The molecule has 0 saturated heterocycles. The first-order chi connectivity index (χ1) is 11.4. The Morgan fingerprint density at radius 1 is 0.542 bits per heavy atom. The van der Waals surface area contributed by atoms with Gasteiger partial charge in [-0.25, -0.2) is 0 Å². The van der Waals surface area contributed by atoms with Crippen LogP contribution in [-0.2, 0) is 0 Å². The topological polar surface area (TPSA) is 137 Å². The van der Waals surface area contributed by atoms with Gasteiger partial charge in [-0.2, -0.15) is 0 Å². The van der Waals surface area contributed by atoms with Gasteiger partial charge in [-0.15, -0.1) is 0 Å². The summed E-state index contributed by atoms with van der Waals surface area (Å²) in [6, 6.07) is 0. The highest BCUT2D eigenvalue weighted by molar-refractivity contribution is 5.87. The molecule has 0 aromatic carbocycles. The van der Waals surface area contributed by atoms with E-state index in [1.54, 1.807) is 27.7 Å². The maximum atomic E-state index is 8.84. The molecule has 0 amide bonds. The van der Waals surface area contributed by atoms with Crippen molar-refractivity contribution in [1.29, 1.82) is 0 Å². The van der Waals surface area contributed by atoms with Crippen LogP contribution >= 0.6 is 0 Å². The molecule has 0 spiro atoms. The van der Waals surface area contributed by atoms with Gasteiger partial charge in [0.05, 0.1) is 22.8 Å². The second-order valence-corrected chi connectivity index (χ2v) is 5.76. The van der Waals surface area contributed by atoms with Crippen molar-refractivity contribution in [2.45, 2.75) is 27.7 Å². The zero-order valence-electron chi connectivity index (χ0n) is 14.7. The molecule has 0 unspecified atom stereocenters. The van der Waals surface area contributed by atoms with Gasteiger partial charge in [0, 0.05) is 39.3 Å². The van der Waals surface area contributed by atoms with Crippen LogP contribution < -0.4 is 0 Å². The molecule has 0 aromatic heterocycles. The Hall–Kier alpha value is -2.20. The zero-order chi connectivity index (χ0) is 18.5. The Morgan fingerprint density at radius 3 is 0.917 bits per heavy atom. The molecule has 0 bridgehead atoms. The minimum absolute atomic E-state index is 0.414. The lowest BCUT2D eigenvalue weighted by atomic mass is 10.2. The first-order valence-corrected chi connectivity index (χ1v) is 7.51. The van der Waals surface area contributed by atoms with Gasteiger partial charge >= 0.3 is 0 Å². The predicted octanol–water partition coefficient (Wildman–Crippen LogP) is 0.991. The first-order valence-electron chi connectivity index (χ1n) is 7.51. The molecule has 0 aromatic rings. The summed E-state index contributed by atoms with van der Waals surface area (Å²) < 4.78 is 0. The molecule has 0 saturated carbocycles. The van der Waals surface area contributed by atoms with Crippen molar-refractivity contribution in [3.8, 4) is 0 Å². The molecule has 138 valence electrons. The van der Waals surface area contributed by atoms with Crippen molar-refractivity contribution >= 4 is 22.8 Å². The molecular weight excluding hydrogens is 316 g/mol. The maximum Gasteiger partial charge on any atom is 0.0680 e.